The minimum absolute atomic E-state index is 0.0588. The SMILES string of the molecule is COc1cccc2c1nc(C(F)F)n2-c1nc(N2CCOCC2)nc(N2CCN(C(=S)SCC(=O)N3CCN(C)CC3)CC2)n1. The molecule has 2 aromatic heterocycles. The van der Waals surface area contributed by atoms with E-state index in [0.717, 1.165) is 26.2 Å². The lowest BCUT2D eigenvalue weighted by Gasteiger charge is -2.36. The first-order valence-corrected chi connectivity index (χ1v) is 16.3. The lowest BCUT2D eigenvalue weighted by molar-refractivity contribution is -0.129. The van der Waals surface area contributed by atoms with Gasteiger partial charge >= 0.3 is 0 Å². The zero-order chi connectivity index (χ0) is 31.5. The van der Waals surface area contributed by atoms with Gasteiger partial charge in [-0.2, -0.15) is 15.0 Å². The summed E-state index contributed by atoms with van der Waals surface area (Å²) < 4.78 is 41.6. The van der Waals surface area contributed by atoms with Crippen molar-refractivity contribution in [3.63, 3.8) is 0 Å². The van der Waals surface area contributed by atoms with Crippen molar-refractivity contribution < 1.29 is 23.0 Å². The lowest BCUT2D eigenvalue weighted by atomic mass is 10.3. The number of fused-ring (bicyclic) bond motifs is 1. The van der Waals surface area contributed by atoms with E-state index in [4.69, 9.17) is 31.7 Å². The third kappa shape index (κ3) is 6.90. The van der Waals surface area contributed by atoms with Crippen LogP contribution >= 0.6 is 24.0 Å². The summed E-state index contributed by atoms with van der Waals surface area (Å²) in [5.74, 6) is 1.16. The molecule has 3 aromatic rings. The van der Waals surface area contributed by atoms with Gasteiger partial charge in [0.25, 0.3) is 6.43 Å². The number of benzene rings is 1. The summed E-state index contributed by atoms with van der Waals surface area (Å²) in [5, 5.41) is 0. The molecule has 45 heavy (non-hydrogen) atoms. The van der Waals surface area contributed by atoms with Crippen LogP contribution in [0.5, 0.6) is 5.75 Å². The second kappa shape index (κ2) is 13.9. The number of nitrogens with zero attached hydrogens (tertiary/aromatic N) is 10. The molecule has 0 saturated carbocycles. The van der Waals surface area contributed by atoms with Crippen molar-refractivity contribution in [2.24, 2.45) is 0 Å². The monoisotopic (exact) mass is 662 g/mol. The number of rotatable bonds is 7. The minimum Gasteiger partial charge on any atom is -0.494 e. The lowest BCUT2D eigenvalue weighted by Crippen LogP contribution is -2.49. The van der Waals surface area contributed by atoms with Gasteiger partial charge in [0.2, 0.25) is 23.8 Å². The number of imidazole rings is 1. The van der Waals surface area contributed by atoms with Crippen LogP contribution in [0.25, 0.3) is 17.0 Å². The van der Waals surface area contributed by atoms with Crippen LogP contribution in [0.15, 0.2) is 18.2 Å². The van der Waals surface area contributed by atoms with Crippen LogP contribution in [0, 0.1) is 0 Å². The number of carbonyl (C=O) groups excluding carboxylic acids is 1. The molecule has 3 aliphatic rings. The molecule has 13 nitrogen and oxygen atoms in total. The summed E-state index contributed by atoms with van der Waals surface area (Å²) in [4.78, 5) is 41.3. The number of para-hydroxylation sites is 1. The number of thioether (sulfide) groups is 1. The highest BCUT2D eigenvalue weighted by Crippen LogP contribution is 2.32. The predicted octanol–water partition coefficient (Wildman–Crippen LogP) is 1.91. The Bertz CT molecular complexity index is 1520. The van der Waals surface area contributed by atoms with E-state index in [1.165, 1.54) is 23.4 Å². The van der Waals surface area contributed by atoms with Gasteiger partial charge in [-0.05, 0) is 19.2 Å². The normalized spacial score (nSPS) is 18.2. The van der Waals surface area contributed by atoms with E-state index in [9.17, 15) is 13.6 Å². The van der Waals surface area contributed by atoms with Crippen LogP contribution in [0.4, 0.5) is 20.7 Å². The fraction of sp³-hybridized carbons (Fsp3) is 0.571. The summed E-state index contributed by atoms with van der Waals surface area (Å²) in [5.41, 5.74) is 0.712. The van der Waals surface area contributed by atoms with Gasteiger partial charge in [-0.3, -0.25) is 9.36 Å². The number of anilines is 2. The summed E-state index contributed by atoms with van der Waals surface area (Å²) in [6.45, 7) is 7.71. The summed E-state index contributed by atoms with van der Waals surface area (Å²) >= 11 is 7.09. The number of piperazine rings is 2. The van der Waals surface area contributed by atoms with Crippen LogP contribution in [0.2, 0.25) is 0 Å². The van der Waals surface area contributed by atoms with E-state index in [0.29, 0.717) is 91.2 Å². The largest absolute Gasteiger partial charge is 0.494 e. The molecule has 0 atom stereocenters. The van der Waals surface area contributed by atoms with Crippen molar-refractivity contribution in [3.8, 4) is 11.7 Å². The maximum absolute atomic E-state index is 14.4. The van der Waals surface area contributed by atoms with E-state index in [1.54, 1.807) is 18.2 Å². The van der Waals surface area contributed by atoms with Gasteiger partial charge in [0.05, 0.1) is 31.6 Å². The molecule has 1 aromatic carbocycles. The Morgan fingerprint density at radius 1 is 0.911 bits per heavy atom. The van der Waals surface area contributed by atoms with Gasteiger partial charge in [-0.15, -0.1) is 0 Å². The third-order valence-electron chi connectivity index (χ3n) is 8.18. The number of hydrogen-bond donors (Lipinski definition) is 0. The van der Waals surface area contributed by atoms with Gasteiger partial charge in [-0.1, -0.05) is 30.0 Å². The Labute approximate surface area is 269 Å². The van der Waals surface area contributed by atoms with E-state index in [1.807, 2.05) is 14.7 Å². The molecule has 0 spiro atoms. The van der Waals surface area contributed by atoms with E-state index >= 15 is 0 Å². The maximum atomic E-state index is 14.4. The number of hydrogen-bond acceptors (Lipinski definition) is 12. The first-order chi connectivity index (χ1) is 21.8. The van der Waals surface area contributed by atoms with Crippen molar-refractivity contribution in [1.82, 2.24) is 39.2 Å². The molecule has 5 heterocycles. The van der Waals surface area contributed by atoms with Crippen LogP contribution < -0.4 is 14.5 Å². The van der Waals surface area contributed by atoms with Gasteiger partial charge in [0, 0.05) is 65.4 Å². The molecule has 17 heteroatoms. The van der Waals surface area contributed by atoms with E-state index in [-0.39, 0.29) is 11.9 Å². The molecular weight excluding hydrogens is 627 g/mol. The average Bonchev–Trinajstić information content (AvgIpc) is 3.48. The van der Waals surface area contributed by atoms with E-state index in [2.05, 4.69) is 26.8 Å². The molecule has 0 N–H and O–H groups in total. The number of ether oxygens (including phenoxy) is 2. The number of halogens is 2. The molecule has 0 radical (unpaired) electrons. The molecule has 1 amide bonds. The van der Waals surface area contributed by atoms with Gasteiger partial charge in [-0.25, -0.2) is 13.8 Å². The zero-order valence-electron chi connectivity index (χ0n) is 25.3. The molecule has 0 aliphatic carbocycles. The Morgan fingerprint density at radius 3 is 2.18 bits per heavy atom. The smallest absolute Gasteiger partial charge is 0.296 e. The average molecular weight is 663 g/mol. The van der Waals surface area contributed by atoms with E-state index < -0.39 is 12.2 Å². The first-order valence-electron chi connectivity index (χ1n) is 14.9. The summed E-state index contributed by atoms with van der Waals surface area (Å²) in [6, 6.07) is 5.09. The molecule has 6 rings (SSSR count). The van der Waals surface area contributed by atoms with Crippen molar-refractivity contribution in [2.75, 3.05) is 108 Å². The molecule has 3 aliphatic heterocycles. The molecule has 0 bridgehead atoms. The number of amides is 1. The number of morpholine rings is 1. The summed E-state index contributed by atoms with van der Waals surface area (Å²) in [6.07, 6.45) is -2.88. The maximum Gasteiger partial charge on any atom is 0.296 e. The van der Waals surface area contributed by atoms with Crippen LogP contribution in [0.1, 0.15) is 12.2 Å². The third-order valence-corrected chi connectivity index (χ3v) is 9.69. The fourth-order valence-electron chi connectivity index (χ4n) is 5.55. The van der Waals surface area contributed by atoms with Crippen LogP contribution in [0.3, 0.4) is 0 Å². The Hall–Kier alpha value is -3.41. The first kappa shape index (κ1) is 31.6. The standard InChI is InChI=1S/C28H36F2N10O3S2/c1-35-6-8-36(9-7-35)21(41)18-45-28(44)39-12-10-37(11-13-39)25-32-26(38-14-16-43-17-15-38)34-27(33-25)40-19-4-3-5-20(42-2)22(19)31-24(40)23(29)30/h3-5,23H,6-18H2,1-2H3. The number of alkyl halides is 2. The molecule has 3 fully saturated rings. The van der Waals surface area contributed by atoms with Crippen LogP contribution in [-0.4, -0.2) is 148 Å². The number of aromatic nitrogens is 5. The fourth-order valence-corrected chi connectivity index (χ4v) is 6.71. The second-order valence-electron chi connectivity index (χ2n) is 11.0. The highest BCUT2D eigenvalue weighted by atomic mass is 32.2. The molecule has 3 saturated heterocycles. The van der Waals surface area contributed by atoms with Gasteiger partial charge < -0.3 is 34.0 Å². The number of thiocarbonyl (C=S) groups is 1. The Morgan fingerprint density at radius 2 is 1.53 bits per heavy atom. The quantitative estimate of drug-likeness (QED) is 0.344. The topological polar surface area (TPSA) is 108 Å². The predicted molar refractivity (Wildman–Crippen MR) is 172 cm³/mol. The highest BCUT2D eigenvalue weighted by molar-refractivity contribution is 8.23. The van der Waals surface area contributed by atoms with Crippen molar-refractivity contribution in [3.05, 3.63) is 24.0 Å². The van der Waals surface area contributed by atoms with Gasteiger partial charge in [0.15, 0.2) is 5.82 Å². The number of methoxy groups -OCH3 is 1. The highest BCUT2D eigenvalue weighted by Gasteiger charge is 2.29. The second-order valence-corrected chi connectivity index (χ2v) is 12.6. The van der Waals surface area contributed by atoms with Crippen LogP contribution in [-0.2, 0) is 9.53 Å². The van der Waals surface area contributed by atoms with Crippen molar-refractivity contribution >= 4 is 57.1 Å². The van der Waals surface area contributed by atoms with Crippen molar-refractivity contribution in [2.45, 2.75) is 6.43 Å². The van der Waals surface area contributed by atoms with Gasteiger partial charge in [0.1, 0.15) is 15.6 Å². The number of carbonyl (C=O) groups is 1. The number of likely N-dealkylation sites (N-methyl/N-ethyl adjacent to an activating group) is 1. The van der Waals surface area contributed by atoms with Crippen molar-refractivity contribution in [1.29, 1.82) is 0 Å². The Kier molecular flexibility index (Phi) is 9.77. The molecule has 0 unspecified atom stereocenters. The molecule has 242 valence electrons. The Balaban J connectivity index is 1.22. The minimum atomic E-state index is -2.88. The summed E-state index contributed by atoms with van der Waals surface area (Å²) in [7, 11) is 3.53. The zero-order valence-corrected chi connectivity index (χ0v) is 26.9. The molecular formula is C28H36F2N10O3S2.